The van der Waals surface area contributed by atoms with Crippen LogP contribution in [0.3, 0.4) is 0 Å². The van der Waals surface area contributed by atoms with Crippen LogP contribution >= 0.6 is 0 Å². The number of halogens is 3. The van der Waals surface area contributed by atoms with Crippen LogP contribution in [0, 0.1) is 0 Å². The van der Waals surface area contributed by atoms with Crippen molar-refractivity contribution in [1.29, 1.82) is 0 Å². The van der Waals surface area contributed by atoms with Gasteiger partial charge in [0.2, 0.25) is 0 Å². The molecule has 0 aromatic heterocycles. The first-order valence-corrected chi connectivity index (χ1v) is 10.4. The summed E-state index contributed by atoms with van der Waals surface area (Å²) in [6, 6.07) is 10.5. The van der Waals surface area contributed by atoms with Gasteiger partial charge in [0.25, 0.3) is 21.8 Å². The summed E-state index contributed by atoms with van der Waals surface area (Å²) in [4.78, 5) is 23.5. The molecule has 7 nitrogen and oxygen atoms in total. The SMILES string of the molecule is O=C(NCC(F)(F)F)c1ccc(S(=O)(=O)Nc2ccc(C(=O)NC3CC3)cc2)cc1. The van der Waals surface area contributed by atoms with E-state index in [2.05, 4.69) is 10.0 Å². The minimum absolute atomic E-state index is 0.107. The second-order valence-electron chi connectivity index (χ2n) is 6.75. The highest BCUT2D eigenvalue weighted by atomic mass is 32.2. The molecular formula is C19H18F3N3O4S. The third-order valence-electron chi connectivity index (χ3n) is 4.19. The molecule has 1 fully saturated rings. The fraction of sp³-hybridized carbons (Fsp3) is 0.263. The number of anilines is 1. The summed E-state index contributed by atoms with van der Waals surface area (Å²) >= 11 is 0. The molecule has 0 radical (unpaired) electrons. The fourth-order valence-electron chi connectivity index (χ4n) is 2.47. The van der Waals surface area contributed by atoms with E-state index in [9.17, 15) is 31.2 Å². The molecule has 0 heterocycles. The van der Waals surface area contributed by atoms with Crippen LogP contribution in [0.5, 0.6) is 0 Å². The maximum absolute atomic E-state index is 12.5. The summed E-state index contributed by atoms with van der Waals surface area (Å²) in [6.07, 6.45) is -2.64. The lowest BCUT2D eigenvalue weighted by Crippen LogP contribution is -2.33. The van der Waals surface area contributed by atoms with Gasteiger partial charge in [-0.25, -0.2) is 8.42 Å². The highest BCUT2D eigenvalue weighted by Crippen LogP contribution is 2.21. The van der Waals surface area contributed by atoms with Crippen molar-refractivity contribution in [3.63, 3.8) is 0 Å². The number of nitrogens with one attached hydrogen (secondary N) is 3. The molecule has 30 heavy (non-hydrogen) atoms. The summed E-state index contributed by atoms with van der Waals surface area (Å²) < 4.78 is 63.8. The summed E-state index contributed by atoms with van der Waals surface area (Å²) in [5.74, 6) is -1.20. The van der Waals surface area contributed by atoms with Crippen LogP contribution in [-0.2, 0) is 10.0 Å². The standard InChI is InChI=1S/C19H18F3N3O4S/c20-19(21,22)11-23-17(26)12-3-9-16(10-4-12)30(28,29)25-15-5-1-13(2-6-15)18(27)24-14-7-8-14/h1-6,9-10,14,25H,7-8,11H2,(H,23,26)(H,24,27). The molecule has 1 aliphatic rings. The van der Waals surface area contributed by atoms with Crippen LogP contribution in [0.15, 0.2) is 53.4 Å². The Morgan fingerprint density at radius 1 is 0.900 bits per heavy atom. The van der Waals surface area contributed by atoms with Crippen molar-refractivity contribution in [2.45, 2.75) is 30.0 Å². The van der Waals surface area contributed by atoms with Crippen molar-refractivity contribution < 1.29 is 31.2 Å². The number of rotatable bonds is 7. The van der Waals surface area contributed by atoms with Gasteiger partial charge in [0.05, 0.1) is 4.90 Å². The molecule has 2 amide bonds. The van der Waals surface area contributed by atoms with E-state index in [4.69, 9.17) is 0 Å². The molecule has 1 saturated carbocycles. The van der Waals surface area contributed by atoms with E-state index in [1.54, 1.807) is 5.32 Å². The Bertz CT molecular complexity index is 1030. The van der Waals surface area contributed by atoms with Gasteiger partial charge in [0.1, 0.15) is 6.54 Å². The normalized spacial score (nSPS) is 14.1. The molecule has 0 saturated heterocycles. The average Bonchev–Trinajstić information content (AvgIpc) is 3.50. The van der Waals surface area contributed by atoms with E-state index in [1.165, 1.54) is 24.3 Å². The molecule has 2 aromatic carbocycles. The highest BCUT2D eigenvalue weighted by molar-refractivity contribution is 7.92. The number of hydrogen-bond acceptors (Lipinski definition) is 4. The summed E-state index contributed by atoms with van der Waals surface area (Å²) in [6.45, 7) is -1.48. The molecule has 160 valence electrons. The fourth-order valence-corrected chi connectivity index (χ4v) is 3.53. The second-order valence-corrected chi connectivity index (χ2v) is 8.44. The smallest absolute Gasteiger partial charge is 0.349 e. The largest absolute Gasteiger partial charge is 0.405 e. The molecule has 11 heteroatoms. The van der Waals surface area contributed by atoms with E-state index in [1.807, 2.05) is 0 Å². The third kappa shape index (κ3) is 5.96. The molecule has 0 atom stereocenters. The Morgan fingerprint density at radius 3 is 1.97 bits per heavy atom. The van der Waals surface area contributed by atoms with Crippen LogP contribution in [0.4, 0.5) is 18.9 Å². The molecule has 1 aliphatic carbocycles. The zero-order valence-electron chi connectivity index (χ0n) is 15.5. The van der Waals surface area contributed by atoms with Crippen molar-refractivity contribution in [2.75, 3.05) is 11.3 Å². The third-order valence-corrected chi connectivity index (χ3v) is 5.59. The van der Waals surface area contributed by atoms with Crippen LogP contribution < -0.4 is 15.4 Å². The zero-order chi connectivity index (χ0) is 21.9. The molecular weight excluding hydrogens is 423 g/mol. The van der Waals surface area contributed by atoms with Crippen molar-refractivity contribution in [2.24, 2.45) is 0 Å². The van der Waals surface area contributed by atoms with Crippen molar-refractivity contribution >= 4 is 27.5 Å². The van der Waals surface area contributed by atoms with Gasteiger partial charge in [0.15, 0.2) is 0 Å². The van der Waals surface area contributed by atoms with Gasteiger partial charge in [-0.05, 0) is 61.4 Å². The van der Waals surface area contributed by atoms with E-state index in [0.717, 1.165) is 37.1 Å². The quantitative estimate of drug-likeness (QED) is 0.615. The summed E-state index contributed by atoms with van der Waals surface area (Å²) in [5.41, 5.74) is 0.522. The molecule has 3 rings (SSSR count). The van der Waals surface area contributed by atoms with Gasteiger partial charge in [-0.3, -0.25) is 14.3 Å². The predicted octanol–water partition coefficient (Wildman–Crippen LogP) is 2.67. The van der Waals surface area contributed by atoms with E-state index in [-0.39, 0.29) is 28.1 Å². The Labute approximate surface area is 170 Å². The van der Waals surface area contributed by atoms with Crippen molar-refractivity contribution in [3.8, 4) is 0 Å². The summed E-state index contributed by atoms with van der Waals surface area (Å²) in [5, 5.41) is 4.53. The first-order chi connectivity index (χ1) is 14.0. The monoisotopic (exact) mass is 441 g/mol. The molecule has 0 spiro atoms. The van der Waals surface area contributed by atoms with Crippen LogP contribution in [-0.4, -0.2) is 39.0 Å². The van der Waals surface area contributed by atoms with E-state index < -0.39 is 28.7 Å². The number of amides is 2. The molecule has 2 aromatic rings. The van der Waals surface area contributed by atoms with Gasteiger partial charge in [0, 0.05) is 22.9 Å². The van der Waals surface area contributed by atoms with Gasteiger partial charge in [-0.2, -0.15) is 13.2 Å². The maximum Gasteiger partial charge on any atom is 0.405 e. The Hall–Kier alpha value is -3.08. The molecule has 0 aliphatic heterocycles. The Balaban J connectivity index is 1.63. The van der Waals surface area contributed by atoms with Crippen molar-refractivity contribution in [1.82, 2.24) is 10.6 Å². The summed E-state index contributed by atoms with van der Waals surface area (Å²) in [7, 11) is -4.00. The number of benzene rings is 2. The number of sulfonamides is 1. The lowest BCUT2D eigenvalue weighted by Gasteiger charge is -2.10. The molecule has 0 bridgehead atoms. The number of carbonyl (C=O) groups is 2. The molecule has 0 unspecified atom stereocenters. The zero-order valence-corrected chi connectivity index (χ0v) is 16.3. The predicted molar refractivity (Wildman–Crippen MR) is 103 cm³/mol. The van der Waals surface area contributed by atoms with Gasteiger partial charge >= 0.3 is 6.18 Å². The van der Waals surface area contributed by atoms with Crippen LogP contribution in [0.2, 0.25) is 0 Å². The highest BCUT2D eigenvalue weighted by Gasteiger charge is 2.28. The number of hydrogen-bond donors (Lipinski definition) is 3. The average molecular weight is 441 g/mol. The van der Waals surface area contributed by atoms with Crippen molar-refractivity contribution in [3.05, 3.63) is 59.7 Å². The van der Waals surface area contributed by atoms with Gasteiger partial charge < -0.3 is 10.6 Å². The van der Waals surface area contributed by atoms with Gasteiger partial charge in [-0.1, -0.05) is 0 Å². The maximum atomic E-state index is 12.5. The van der Waals surface area contributed by atoms with E-state index in [0.29, 0.717) is 5.56 Å². The Kier molecular flexibility index (Phi) is 6.01. The molecule has 3 N–H and O–H groups in total. The van der Waals surface area contributed by atoms with Crippen LogP contribution in [0.1, 0.15) is 33.6 Å². The van der Waals surface area contributed by atoms with Gasteiger partial charge in [-0.15, -0.1) is 0 Å². The minimum atomic E-state index is -4.54. The van der Waals surface area contributed by atoms with E-state index >= 15 is 0 Å². The Morgan fingerprint density at radius 2 is 1.43 bits per heavy atom. The first-order valence-electron chi connectivity index (χ1n) is 8.92. The second kappa shape index (κ2) is 8.34. The lowest BCUT2D eigenvalue weighted by atomic mass is 10.2. The lowest BCUT2D eigenvalue weighted by molar-refractivity contribution is -0.123. The minimum Gasteiger partial charge on any atom is -0.349 e. The topological polar surface area (TPSA) is 104 Å². The first kappa shape index (κ1) is 21.6. The van der Waals surface area contributed by atoms with Crippen LogP contribution in [0.25, 0.3) is 0 Å². The number of carbonyl (C=O) groups excluding carboxylic acids is 2. The number of alkyl halides is 3.